The van der Waals surface area contributed by atoms with Gasteiger partial charge in [-0.05, 0) is 44.5 Å². The molecule has 0 spiro atoms. The average molecular weight is 335 g/mol. The second kappa shape index (κ2) is 10.8. The van der Waals surface area contributed by atoms with Crippen molar-refractivity contribution in [2.24, 2.45) is 0 Å². The van der Waals surface area contributed by atoms with Crippen molar-refractivity contribution in [1.29, 1.82) is 0 Å². The Hall–Kier alpha value is -0.840. The third kappa shape index (κ3) is 6.64. The first-order valence-corrected chi connectivity index (χ1v) is 7.08. The second-order valence-electron chi connectivity index (χ2n) is 5.01. The van der Waals surface area contributed by atoms with Crippen molar-refractivity contribution in [2.45, 2.75) is 25.7 Å². The summed E-state index contributed by atoms with van der Waals surface area (Å²) in [6, 6.07) is 5.50. The monoisotopic (exact) mass is 334 g/mol. The Kier molecular flexibility index (Phi) is 10.4. The zero-order chi connectivity index (χ0) is 13.5. The fourth-order valence-corrected chi connectivity index (χ4v) is 2.46. The van der Waals surface area contributed by atoms with Crippen molar-refractivity contribution in [2.75, 3.05) is 39.1 Å². The molecule has 1 fully saturated rings. The van der Waals surface area contributed by atoms with E-state index in [1.165, 1.54) is 32.4 Å². The maximum atomic E-state index is 5.77. The molecule has 2 N–H and O–H groups in total. The largest absolute Gasteiger partial charge is 1.00 e. The summed E-state index contributed by atoms with van der Waals surface area (Å²) in [4.78, 5) is 2.52. The number of piperidine rings is 1. The summed E-state index contributed by atoms with van der Waals surface area (Å²) in [6.07, 6.45) is 5.11. The van der Waals surface area contributed by atoms with Crippen LogP contribution in [0.1, 0.15) is 25.7 Å². The van der Waals surface area contributed by atoms with E-state index in [2.05, 4.69) is 4.90 Å². The predicted molar refractivity (Wildman–Crippen MR) is 77.8 cm³/mol. The molecule has 1 aliphatic heterocycles. The summed E-state index contributed by atoms with van der Waals surface area (Å²) in [5.74, 6) is 1.48. The van der Waals surface area contributed by atoms with Gasteiger partial charge in [0.05, 0.1) is 13.7 Å². The van der Waals surface area contributed by atoms with E-state index in [4.69, 9.17) is 15.2 Å². The van der Waals surface area contributed by atoms with Gasteiger partial charge in [0, 0.05) is 18.3 Å². The molecule has 0 saturated carbocycles. The molecule has 0 aliphatic carbocycles. The number of nitrogens with zero attached hydrogens (tertiary/aromatic N) is 1. The molecule has 4 nitrogen and oxygen atoms in total. The fraction of sp³-hybridized carbons (Fsp3) is 0.600. The lowest BCUT2D eigenvalue weighted by atomic mass is 10.1. The Morgan fingerprint density at radius 3 is 2.48 bits per heavy atom. The molecule has 21 heavy (non-hydrogen) atoms. The number of halogens is 2. The van der Waals surface area contributed by atoms with E-state index >= 15 is 0 Å². The van der Waals surface area contributed by atoms with Gasteiger partial charge in [0.25, 0.3) is 0 Å². The van der Waals surface area contributed by atoms with Gasteiger partial charge >= 0.3 is 0 Å². The lowest BCUT2D eigenvalue weighted by Gasteiger charge is -2.26. The molecular weight excluding hydrogens is 311 g/mol. The van der Waals surface area contributed by atoms with Gasteiger partial charge in [-0.25, -0.2) is 0 Å². The molecule has 0 bridgehead atoms. The molecular formula is C15H24Cl2N2O2-2. The minimum absolute atomic E-state index is 0. The molecule has 1 aliphatic rings. The van der Waals surface area contributed by atoms with Gasteiger partial charge in [-0.1, -0.05) is 6.42 Å². The van der Waals surface area contributed by atoms with E-state index in [1.54, 1.807) is 13.2 Å². The van der Waals surface area contributed by atoms with Crippen molar-refractivity contribution in [3.05, 3.63) is 18.2 Å². The molecule has 0 atom stereocenters. The molecule has 2 rings (SSSR count). The van der Waals surface area contributed by atoms with Crippen molar-refractivity contribution < 1.29 is 34.3 Å². The zero-order valence-corrected chi connectivity index (χ0v) is 14.0. The first-order chi connectivity index (χ1) is 9.29. The molecule has 1 aromatic rings. The Bertz CT molecular complexity index is 399. The molecule has 1 aromatic carbocycles. The molecule has 1 heterocycles. The van der Waals surface area contributed by atoms with Crippen molar-refractivity contribution in [3.63, 3.8) is 0 Å². The van der Waals surface area contributed by atoms with Crippen LogP contribution >= 0.6 is 0 Å². The highest BCUT2D eigenvalue weighted by molar-refractivity contribution is 5.51. The topological polar surface area (TPSA) is 47.7 Å². The Labute approximate surface area is 139 Å². The summed E-state index contributed by atoms with van der Waals surface area (Å²) in [5.41, 5.74) is 6.41. The lowest BCUT2D eigenvalue weighted by molar-refractivity contribution is -0.00100. The highest BCUT2D eigenvalue weighted by Crippen LogP contribution is 2.28. The van der Waals surface area contributed by atoms with Gasteiger partial charge in [0.2, 0.25) is 0 Å². The maximum absolute atomic E-state index is 5.77. The maximum Gasteiger partial charge on any atom is 0.162 e. The predicted octanol–water partition coefficient (Wildman–Crippen LogP) is -3.46. The molecule has 0 amide bonds. The van der Waals surface area contributed by atoms with Gasteiger partial charge in [0.1, 0.15) is 0 Å². The van der Waals surface area contributed by atoms with Gasteiger partial charge < -0.3 is 44.9 Å². The molecule has 122 valence electrons. The number of hydrogen-bond donors (Lipinski definition) is 1. The van der Waals surface area contributed by atoms with Crippen LogP contribution in [0.3, 0.4) is 0 Å². The van der Waals surface area contributed by atoms with Crippen LogP contribution in [0, 0.1) is 0 Å². The molecule has 6 heteroatoms. The number of methoxy groups -OCH3 is 1. The number of anilines is 1. The average Bonchev–Trinajstić information content (AvgIpc) is 2.46. The van der Waals surface area contributed by atoms with Gasteiger partial charge in [-0.2, -0.15) is 0 Å². The number of nitrogens with two attached hydrogens (primary N) is 1. The third-order valence-electron chi connectivity index (χ3n) is 3.51. The summed E-state index contributed by atoms with van der Waals surface area (Å²) in [7, 11) is 1.63. The highest BCUT2D eigenvalue weighted by atomic mass is 35.5. The number of hydrogen-bond acceptors (Lipinski definition) is 4. The minimum atomic E-state index is 0. The van der Waals surface area contributed by atoms with Crippen molar-refractivity contribution in [3.8, 4) is 11.5 Å². The highest BCUT2D eigenvalue weighted by Gasteiger charge is 2.09. The lowest BCUT2D eigenvalue weighted by Crippen LogP contribution is -3.00. The SMILES string of the molecule is COc1cc(N)ccc1OCCCN1CCCCC1.[Cl-].[Cl-]. The molecule has 0 aromatic heterocycles. The standard InChI is InChI=1S/C15H24N2O2.2ClH/c1-18-15-12-13(16)6-7-14(15)19-11-5-10-17-8-3-2-4-9-17;;/h6-7,12H,2-5,8-11,16H2,1H3;2*1H/p-2. The summed E-state index contributed by atoms with van der Waals surface area (Å²) in [5, 5.41) is 0. The smallest absolute Gasteiger partial charge is 0.162 e. The van der Waals surface area contributed by atoms with E-state index in [-0.39, 0.29) is 24.8 Å². The summed E-state index contributed by atoms with van der Waals surface area (Å²) in [6.45, 7) is 4.32. The van der Waals surface area contributed by atoms with E-state index < -0.39 is 0 Å². The molecule has 0 unspecified atom stereocenters. The first kappa shape index (κ1) is 20.2. The summed E-state index contributed by atoms with van der Waals surface area (Å²) < 4.78 is 11.0. The van der Waals surface area contributed by atoms with Crippen LogP contribution < -0.4 is 40.0 Å². The van der Waals surface area contributed by atoms with Gasteiger partial charge in [0.15, 0.2) is 11.5 Å². The summed E-state index contributed by atoms with van der Waals surface area (Å²) >= 11 is 0. The van der Waals surface area contributed by atoms with Crippen LogP contribution in [0.5, 0.6) is 11.5 Å². The van der Waals surface area contributed by atoms with Crippen molar-refractivity contribution >= 4 is 5.69 Å². The normalized spacial score (nSPS) is 14.7. The van der Waals surface area contributed by atoms with Gasteiger partial charge in [-0.3, -0.25) is 0 Å². The van der Waals surface area contributed by atoms with Crippen LogP contribution in [-0.4, -0.2) is 38.3 Å². The van der Waals surface area contributed by atoms with Crippen molar-refractivity contribution in [1.82, 2.24) is 4.90 Å². The number of ether oxygens (including phenoxy) is 2. The number of rotatable bonds is 6. The van der Waals surface area contributed by atoms with Gasteiger partial charge in [-0.15, -0.1) is 0 Å². The van der Waals surface area contributed by atoms with E-state index in [9.17, 15) is 0 Å². The van der Waals surface area contributed by atoms with Crippen LogP contribution in [0.25, 0.3) is 0 Å². The van der Waals surface area contributed by atoms with Crippen LogP contribution in [0.15, 0.2) is 18.2 Å². The van der Waals surface area contributed by atoms with Crippen LogP contribution in [-0.2, 0) is 0 Å². The van der Waals surface area contributed by atoms with E-state index in [0.717, 1.165) is 25.3 Å². The minimum Gasteiger partial charge on any atom is -1.00 e. The zero-order valence-electron chi connectivity index (χ0n) is 12.5. The van der Waals surface area contributed by atoms with Crippen LogP contribution in [0.2, 0.25) is 0 Å². The fourth-order valence-electron chi connectivity index (χ4n) is 2.46. The Morgan fingerprint density at radius 2 is 1.81 bits per heavy atom. The molecule has 0 radical (unpaired) electrons. The third-order valence-corrected chi connectivity index (χ3v) is 3.51. The number of likely N-dealkylation sites (tertiary alicyclic amines) is 1. The Balaban J connectivity index is 0.00000200. The van der Waals surface area contributed by atoms with Crippen LogP contribution in [0.4, 0.5) is 5.69 Å². The van der Waals surface area contributed by atoms with E-state index in [1.807, 2.05) is 12.1 Å². The molecule has 1 saturated heterocycles. The van der Waals surface area contributed by atoms with E-state index in [0.29, 0.717) is 11.4 Å². The number of nitrogen functional groups attached to an aromatic ring is 1. The first-order valence-electron chi connectivity index (χ1n) is 7.08. The Morgan fingerprint density at radius 1 is 1.10 bits per heavy atom. The second-order valence-corrected chi connectivity index (χ2v) is 5.01. The quantitative estimate of drug-likeness (QED) is 0.434. The number of benzene rings is 1.